The van der Waals surface area contributed by atoms with Gasteiger partial charge in [0.15, 0.2) is 0 Å². The summed E-state index contributed by atoms with van der Waals surface area (Å²) >= 11 is 0. The number of aryl methyl sites for hydroxylation is 1. The van der Waals surface area contributed by atoms with Crippen molar-refractivity contribution in [1.82, 2.24) is 0 Å². The minimum absolute atomic E-state index is 0.278. The predicted octanol–water partition coefficient (Wildman–Crippen LogP) is 4.05. The summed E-state index contributed by atoms with van der Waals surface area (Å²) in [5.74, 6) is 0.424. The molecule has 1 aliphatic rings. The van der Waals surface area contributed by atoms with Crippen LogP contribution in [0.1, 0.15) is 29.9 Å². The Balaban J connectivity index is 1.83. The lowest BCUT2D eigenvalue weighted by Crippen LogP contribution is -2.16. The molecule has 3 rings (SSSR count). The van der Waals surface area contributed by atoms with Crippen molar-refractivity contribution < 1.29 is 8.60 Å². The molecular weight excluding hydrogens is 271 g/mol. The van der Waals surface area contributed by atoms with Crippen LogP contribution in [0.15, 0.2) is 53.4 Å². The molecule has 0 N–H and O–H groups in total. The van der Waals surface area contributed by atoms with Crippen molar-refractivity contribution in [2.24, 2.45) is 0 Å². The Kier molecular flexibility index (Phi) is 3.97. The third-order valence-electron chi connectivity index (χ3n) is 3.93. The smallest absolute Gasteiger partial charge is 0.139 e. The van der Waals surface area contributed by atoms with Gasteiger partial charge >= 0.3 is 0 Å². The number of fused-ring (bicyclic) bond motifs is 1. The first kappa shape index (κ1) is 13.5. The average Bonchev–Trinajstić information content (AvgIpc) is 2.48. The van der Waals surface area contributed by atoms with Crippen molar-refractivity contribution in [2.45, 2.75) is 30.1 Å². The zero-order chi connectivity index (χ0) is 13.9. The van der Waals surface area contributed by atoms with Gasteiger partial charge in [-0.1, -0.05) is 36.4 Å². The maximum atomic E-state index is 13.7. The van der Waals surface area contributed by atoms with E-state index in [1.165, 1.54) is 17.2 Å². The third-order valence-corrected chi connectivity index (χ3v) is 5.45. The van der Waals surface area contributed by atoms with E-state index in [1.54, 1.807) is 18.2 Å². The van der Waals surface area contributed by atoms with Crippen LogP contribution in [0, 0.1) is 5.82 Å². The van der Waals surface area contributed by atoms with Gasteiger partial charge in [-0.25, -0.2) is 4.39 Å². The maximum absolute atomic E-state index is 13.7. The van der Waals surface area contributed by atoms with E-state index in [0.717, 1.165) is 19.3 Å². The fourth-order valence-electron chi connectivity index (χ4n) is 2.93. The topological polar surface area (TPSA) is 17.1 Å². The fourth-order valence-corrected chi connectivity index (χ4v) is 4.34. The van der Waals surface area contributed by atoms with Gasteiger partial charge in [0.05, 0.1) is 15.7 Å². The maximum Gasteiger partial charge on any atom is 0.139 e. The molecule has 2 atom stereocenters. The molecule has 2 aromatic carbocycles. The van der Waals surface area contributed by atoms with Crippen LogP contribution in [0.4, 0.5) is 4.39 Å². The highest BCUT2D eigenvalue weighted by Gasteiger charge is 2.23. The molecule has 2 unspecified atom stereocenters. The molecule has 0 amide bonds. The fraction of sp³-hybridized carbons (Fsp3) is 0.294. The summed E-state index contributed by atoms with van der Waals surface area (Å²) in [5, 5.41) is 0. The molecular formula is C17H17FOS. The van der Waals surface area contributed by atoms with Gasteiger partial charge in [0.1, 0.15) is 5.82 Å². The molecule has 3 heteroatoms. The second kappa shape index (κ2) is 5.88. The summed E-state index contributed by atoms with van der Waals surface area (Å²) in [4.78, 5) is 0.329. The first-order valence-corrected chi connectivity index (χ1v) is 8.28. The van der Waals surface area contributed by atoms with Crippen molar-refractivity contribution >= 4 is 10.8 Å². The van der Waals surface area contributed by atoms with Crippen LogP contribution in [-0.4, -0.2) is 9.96 Å². The Morgan fingerprint density at radius 2 is 1.85 bits per heavy atom. The highest BCUT2D eigenvalue weighted by molar-refractivity contribution is 7.85. The van der Waals surface area contributed by atoms with Gasteiger partial charge in [0.25, 0.3) is 0 Å². The monoisotopic (exact) mass is 288 g/mol. The van der Waals surface area contributed by atoms with E-state index in [2.05, 4.69) is 18.2 Å². The van der Waals surface area contributed by atoms with E-state index in [0.29, 0.717) is 10.6 Å². The minimum atomic E-state index is -1.27. The highest BCUT2D eigenvalue weighted by atomic mass is 32.2. The van der Waals surface area contributed by atoms with Crippen molar-refractivity contribution in [1.29, 1.82) is 0 Å². The molecule has 1 nitrogen and oxygen atoms in total. The van der Waals surface area contributed by atoms with Gasteiger partial charge in [-0.15, -0.1) is 0 Å². The van der Waals surface area contributed by atoms with Gasteiger partial charge in [-0.2, -0.15) is 0 Å². The van der Waals surface area contributed by atoms with Crippen LogP contribution >= 0.6 is 0 Å². The van der Waals surface area contributed by atoms with Gasteiger partial charge in [-0.3, -0.25) is 4.21 Å². The quantitative estimate of drug-likeness (QED) is 0.832. The van der Waals surface area contributed by atoms with E-state index < -0.39 is 10.8 Å². The van der Waals surface area contributed by atoms with Crippen LogP contribution in [-0.2, 0) is 17.2 Å². The normalized spacial score (nSPS) is 19.4. The molecule has 0 fully saturated rings. The summed E-state index contributed by atoms with van der Waals surface area (Å²) in [6, 6.07) is 14.7. The van der Waals surface area contributed by atoms with Gasteiger partial charge in [0, 0.05) is 5.75 Å². The lowest BCUT2D eigenvalue weighted by atomic mass is 9.84. The van der Waals surface area contributed by atoms with E-state index in [9.17, 15) is 8.60 Å². The SMILES string of the molecule is O=S(CC1CCCc2ccccc21)c1ccccc1F. The number of benzene rings is 2. The van der Waals surface area contributed by atoms with Gasteiger partial charge in [-0.05, 0) is 48.4 Å². The van der Waals surface area contributed by atoms with Crippen LogP contribution in [0.5, 0.6) is 0 Å². The molecule has 0 aliphatic heterocycles. The van der Waals surface area contributed by atoms with E-state index in [-0.39, 0.29) is 11.7 Å². The zero-order valence-corrected chi connectivity index (χ0v) is 12.0. The molecule has 0 spiro atoms. The number of halogens is 1. The van der Waals surface area contributed by atoms with E-state index in [1.807, 2.05) is 6.07 Å². The molecule has 104 valence electrons. The lowest BCUT2D eigenvalue weighted by Gasteiger charge is -2.25. The van der Waals surface area contributed by atoms with Crippen molar-refractivity contribution in [2.75, 3.05) is 5.75 Å². The molecule has 0 bridgehead atoms. The second-order valence-corrected chi connectivity index (χ2v) is 6.69. The molecule has 0 heterocycles. The van der Waals surface area contributed by atoms with Gasteiger partial charge < -0.3 is 0 Å². The number of rotatable bonds is 3. The highest BCUT2D eigenvalue weighted by Crippen LogP contribution is 2.33. The molecule has 0 saturated heterocycles. The Morgan fingerprint density at radius 1 is 1.10 bits per heavy atom. The zero-order valence-electron chi connectivity index (χ0n) is 11.2. The van der Waals surface area contributed by atoms with Crippen LogP contribution < -0.4 is 0 Å². The molecule has 0 aromatic heterocycles. The van der Waals surface area contributed by atoms with Crippen molar-refractivity contribution in [3.8, 4) is 0 Å². The minimum Gasteiger partial charge on any atom is -0.254 e. The van der Waals surface area contributed by atoms with Crippen LogP contribution in [0.25, 0.3) is 0 Å². The van der Waals surface area contributed by atoms with Crippen LogP contribution in [0.2, 0.25) is 0 Å². The first-order chi connectivity index (χ1) is 9.75. The Labute approximate surface area is 121 Å². The summed E-state index contributed by atoms with van der Waals surface area (Å²) in [6.07, 6.45) is 3.26. The molecule has 0 radical (unpaired) electrons. The third kappa shape index (κ3) is 2.68. The Morgan fingerprint density at radius 3 is 2.70 bits per heavy atom. The average molecular weight is 288 g/mol. The molecule has 20 heavy (non-hydrogen) atoms. The van der Waals surface area contributed by atoms with Gasteiger partial charge in [0.2, 0.25) is 0 Å². The Bertz CT molecular complexity index is 638. The summed E-state index contributed by atoms with van der Waals surface area (Å²) in [6.45, 7) is 0. The predicted molar refractivity (Wildman–Crippen MR) is 79.8 cm³/mol. The van der Waals surface area contributed by atoms with E-state index >= 15 is 0 Å². The van der Waals surface area contributed by atoms with Crippen molar-refractivity contribution in [3.05, 3.63) is 65.5 Å². The molecule has 2 aromatic rings. The standard InChI is InChI=1S/C17H17FOS/c18-16-10-3-4-11-17(16)20(19)12-14-8-5-7-13-6-1-2-9-15(13)14/h1-4,6,9-11,14H,5,7-8,12H2. The first-order valence-electron chi connectivity index (χ1n) is 6.96. The summed E-state index contributed by atoms with van der Waals surface area (Å²) < 4.78 is 26.1. The lowest BCUT2D eigenvalue weighted by molar-refractivity contribution is 0.578. The molecule has 1 aliphatic carbocycles. The number of hydrogen-bond acceptors (Lipinski definition) is 1. The summed E-state index contributed by atoms with van der Waals surface area (Å²) in [5.41, 5.74) is 2.65. The van der Waals surface area contributed by atoms with E-state index in [4.69, 9.17) is 0 Å². The summed E-state index contributed by atoms with van der Waals surface area (Å²) in [7, 11) is -1.27. The number of hydrogen-bond donors (Lipinski definition) is 0. The Hall–Kier alpha value is -1.48. The largest absolute Gasteiger partial charge is 0.254 e. The van der Waals surface area contributed by atoms with Crippen molar-refractivity contribution in [3.63, 3.8) is 0 Å². The van der Waals surface area contributed by atoms with Crippen LogP contribution in [0.3, 0.4) is 0 Å². The molecule has 0 saturated carbocycles. The second-order valence-electron chi connectivity index (χ2n) is 5.23.